The van der Waals surface area contributed by atoms with E-state index in [9.17, 15) is 9.18 Å². The molecule has 1 heterocycles. The van der Waals surface area contributed by atoms with Crippen molar-refractivity contribution in [1.29, 1.82) is 0 Å². The molecule has 0 saturated heterocycles. The van der Waals surface area contributed by atoms with E-state index >= 15 is 0 Å². The van der Waals surface area contributed by atoms with Crippen molar-refractivity contribution < 1.29 is 9.18 Å². The molecule has 0 aliphatic heterocycles. The summed E-state index contributed by atoms with van der Waals surface area (Å²) >= 11 is 0. The molecule has 0 spiro atoms. The van der Waals surface area contributed by atoms with Crippen molar-refractivity contribution in [2.45, 2.75) is 52.5 Å². The Hall–Kier alpha value is -2.69. The first-order valence-electron chi connectivity index (χ1n) is 10.6. The van der Waals surface area contributed by atoms with Crippen molar-refractivity contribution >= 4 is 16.9 Å². The summed E-state index contributed by atoms with van der Waals surface area (Å²) in [7, 11) is 0. The lowest BCUT2D eigenvalue weighted by Crippen LogP contribution is -2.24. The number of unbranched alkanes of at least 4 members (excludes halogenated alkanes) is 2. The molecule has 29 heavy (non-hydrogen) atoms. The quantitative estimate of drug-likeness (QED) is 0.470. The Morgan fingerprint density at radius 3 is 2.62 bits per heavy atom. The SMILES string of the molecule is CCC(C)Cn1c(CCCCCNC(=O)c2ccc(F)cc2)nc2ccccc21. The summed E-state index contributed by atoms with van der Waals surface area (Å²) in [5.41, 5.74) is 2.77. The number of carbonyl (C=O) groups excluding carboxylic acids is 1. The van der Waals surface area contributed by atoms with Gasteiger partial charge < -0.3 is 9.88 Å². The summed E-state index contributed by atoms with van der Waals surface area (Å²) in [5.74, 6) is 1.29. The van der Waals surface area contributed by atoms with Gasteiger partial charge >= 0.3 is 0 Å². The van der Waals surface area contributed by atoms with Crippen molar-refractivity contribution in [3.63, 3.8) is 0 Å². The van der Waals surface area contributed by atoms with Crippen LogP contribution in [0.5, 0.6) is 0 Å². The number of aryl methyl sites for hydroxylation is 1. The van der Waals surface area contributed by atoms with Crippen LogP contribution in [0.25, 0.3) is 11.0 Å². The fraction of sp³-hybridized carbons (Fsp3) is 0.417. The van der Waals surface area contributed by atoms with Gasteiger partial charge in [-0.15, -0.1) is 0 Å². The van der Waals surface area contributed by atoms with E-state index in [1.54, 1.807) is 0 Å². The Morgan fingerprint density at radius 1 is 1.10 bits per heavy atom. The zero-order valence-corrected chi connectivity index (χ0v) is 17.3. The maximum absolute atomic E-state index is 12.9. The third-order valence-electron chi connectivity index (χ3n) is 5.39. The maximum atomic E-state index is 12.9. The number of benzene rings is 2. The van der Waals surface area contributed by atoms with Crippen molar-refractivity contribution in [2.24, 2.45) is 5.92 Å². The van der Waals surface area contributed by atoms with Crippen LogP contribution in [0.3, 0.4) is 0 Å². The predicted octanol–water partition coefficient (Wildman–Crippen LogP) is 5.36. The summed E-state index contributed by atoms with van der Waals surface area (Å²) in [4.78, 5) is 16.9. The standard InChI is InChI=1S/C24H30FN3O/c1-3-18(2)17-28-22-10-7-6-9-21(22)27-23(28)11-5-4-8-16-26-24(29)19-12-14-20(25)15-13-19/h6-7,9-10,12-15,18H,3-5,8,11,16-17H2,1-2H3,(H,26,29). The highest BCUT2D eigenvalue weighted by molar-refractivity contribution is 5.94. The van der Waals surface area contributed by atoms with Crippen molar-refractivity contribution in [1.82, 2.24) is 14.9 Å². The van der Waals surface area contributed by atoms with Crippen LogP contribution in [0.15, 0.2) is 48.5 Å². The highest BCUT2D eigenvalue weighted by Crippen LogP contribution is 2.20. The van der Waals surface area contributed by atoms with Crippen LogP contribution in [0.2, 0.25) is 0 Å². The van der Waals surface area contributed by atoms with Gasteiger partial charge in [0.15, 0.2) is 0 Å². The first-order valence-corrected chi connectivity index (χ1v) is 10.6. The van der Waals surface area contributed by atoms with E-state index in [0.29, 0.717) is 18.0 Å². The zero-order valence-electron chi connectivity index (χ0n) is 17.3. The van der Waals surface area contributed by atoms with Crippen LogP contribution >= 0.6 is 0 Å². The van der Waals surface area contributed by atoms with Gasteiger partial charge in [-0.05, 0) is 55.2 Å². The Kier molecular flexibility index (Phi) is 7.39. The minimum absolute atomic E-state index is 0.152. The van der Waals surface area contributed by atoms with Gasteiger partial charge in [0.1, 0.15) is 11.6 Å². The summed E-state index contributed by atoms with van der Waals surface area (Å²) in [5, 5.41) is 2.90. The molecular formula is C24H30FN3O. The topological polar surface area (TPSA) is 46.9 Å². The molecule has 0 bridgehead atoms. The van der Waals surface area contributed by atoms with Crippen molar-refractivity contribution in [3.05, 3.63) is 65.7 Å². The molecule has 0 radical (unpaired) electrons. The fourth-order valence-electron chi connectivity index (χ4n) is 3.45. The average molecular weight is 396 g/mol. The molecule has 1 N–H and O–H groups in total. The second-order valence-electron chi connectivity index (χ2n) is 7.71. The maximum Gasteiger partial charge on any atom is 0.251 e. The lowest BCUT2D eigenvalue weighted by atomic mass is 10.1. The molecule has 4 nitrogen and oxygen atoms in total. The molecule has 1 aromatic heterocycles. The Balaban J connectivity index is 1.48. The molecular weight excluding hydrogens is 365 g/mol. The van der Waals surface area contributed by atoms with E-state index in [2.05, 4.69) is 41.9 Å². The molecule has 1 unspecified atom stereocenters. The molecule has 2 aromatic carbocycles. The lowest BCUT2D eigenvalue weighted by Gasteiger charge is -2.14. The number of imidazole rings is 1. The molecule has 3 rings (SSSR count). The smallest absolute Gasteiger partial charge is 0.251 e. The van der Waals surface area contributed by atoms with Gasteiger partial charge in [0.2, 0.25) is 0 Å². The summed E-state index contributed by atoms with van der Waals surface area (Å²) in [6.45, 7) is 6.13. The molecule has 0 fully saturated rings. The Morgan fingerprint density at radius 2 is 1.86 bits per heavy atom. The Labute approximate surface area is 172 Å². The fourth-order valence-corrected chi connectivity index (χ4v) is 3.45. The van der Waals surface area contributed by atoms with Gasteiger partial charge in [-0.2, -0.15) is 0 Å². The van der Waals surface area contributed by atoms with Crippen LogP contribution < -0.4 is 5.32 Å². The monoisotopic (exact) mass is 395 g/mol. The predicted molar refractivity (Wildman–Crippen MR) is 115 cm³/mol. The normalized spacial score (nSPS) is 12.2. The number of nitrogens with zero attached hydrogens (tertiary/aromatic N) is 2. The number of nitrogens with one attached hydrogen (secondary N) is 1. The highest BCUT2D eigenvalue weighted by atomic mass is 19.1. The minimum atomic E-state index is -0.332. The number of fused-ring (bicyclic) bond motifs is 1. The zero-order chi connectivity index (χ0) is 20.6. The molecule has 5 heteroatoms. The van der Waals surface area contributed by atoms with Crippen LogP contribution in [-0.2, 0) is 13.0 Å². The number of carbonyl (C=O) groups is 1. The minimum Gasteiger partial charge on any atom is -0.352 e. The van der Waals surface area contributed by atoms with Crippen LogP contribution in [0.1, 0.15) is 55.7 Å². The summed E-state index contributed by atoms with van der Waals surface area (Å²) < 4.78 is 15.3. The number of aromatic nitrogens is 2. The number of halogens is 1. The summed E-state index contributed by atoms with van der Waals surface area (Å²) in [6, 6.07) is 14.0. The van der Waals surface area contributed by atoms with E-state index in [4.69, 9.17) is 4.98 Å². The molecule has 1 atom stereocenters. The molecule has 1 amide bonds. The molecule has 0 aliphatic carbocycles. The largest absolute Gasteiger partial charge is 0.352 e. The third-order valence-corrected chi connectivity index (χ3v) is 5.39. The first kappa shape index (κ1) is 21.0. The van der Waals surface area contributed by atoms with E-state index in [0.717, 1.165) is 50.0 Å². The van der Waals surface area contributed by atoms with Gasteiger partial charge in [-0.1, -0.05) is 38.8 Å². The summed E-state index contributed by atoms with van der Waals surface area (Å²) in [6.07, 6.45) is 5.07. The van der Waals surface area contributed by atoms with Gasteiger partial charge in [-0.25, -0.2) is 9.37 Å². The van der Waals surface area contributed by atoms with Gasteiger partial charge in [0, 0.05) is 25.1 Å². The third kappa shape index (κ3) is 5.66. The Bertz CT molecular complexity index is 933. The number of amides is 1. The van der Waals surface area contributed by atoms with Crippen LogP contribution in [0.4, 0.5) is 4.39 Å². The highest BCUT2D eigenvalue weighted by Gasteiger charge is 2.12. The number of hydrogen-bond donors (Lipinski definition) is 1. The van der Waals surface area contributed by atoms with Crippen LogP contribution in [-0.4, -0.2) is 22.0 Å². The van der Waals surface area contributed by atoms with E-state index in [1.165, 1.54) is 29.8 Å². The lowest BCUT2D eigenvalue weighted by molar-refractivity contribution is 0.0953. The van der Waals surface area contributed by atoms with Crippen molar-refractivity contribution in [3.8, 4) is 0 Å². The number of hydrogen-bond acceptors (Lipinski definition) is 2. The second-order valence-corrected chi connectivity index (χ2v) is 7.71. The number of para-hydroxylation sites is 2. The first-order chi connectivity index (χ1) is 14.1. The number of rotatable bonds is 10. The molecule has 0 saturated carbocycles. The second kappa shape index (κ2) is 10.2. The van der Waals surface area contributed by atoms with E-state index in [1.807, 2.05) is 6.07 Å². The van der Waals surface area contributed by atoms with Gasteiger partial charge in [0.25, 0.3) is 5.91 Å². The van der Waals surface area contributed by atoms with E-state index in [-0.39, 0.29) is 11.7 Å². The van der Waals surface area contributed by atoms with E-state index < -0.39 is 0 Å². The molecule has 154 valence electrons. The van der Waals surface area contributed by atoms with Crippen molar-refractivity contribution in [2.75, 3.05) is 6.54 Å². The van der Waals surface area contributed by atoms with Gasteiger partial charge in [0.05, 0.1) is 11.0 Å². The van der Waals surface area contributed by atoms with Gasteiger partial charge in [-0.3, -0.25) is 4.79 Å². The average Bonchev–Trinajstić information content (AvgIpc) is 3.08. The molecule has 3 aromatic rings. The molecule has 0 aliphatic rings. The van der Waals surface area contributed by atoms with Crippen LogP contribution in [0, 0.1) is 11.7 Å².